The van der Waals surface area contributed by atoms with Crippen molar-refractivity contribution < 1.29 is 4.79 Å². The van der Waals surface area contributed by atoms with E-state index in [1.54, 1.807) is 18.2 Å². The number of carbonyl (C=O) groups is 1. The Morgan fingerprint density at radius 1 is 1.18 bits per heavy atom. The summed E-state index contributed by atoms with van der Waals surface area (Å²) in [5, 5.41) is 4.03. The number of rotatable bonds is 3. The summed E-state index contributed by atoms with van der Waals surface area (Å²) in [5.74, 6) is 0.457. The summed E-state index contributed by atoms with van der Waals surface area (Å²) in [6.45, 7) is 3.18. The molecule has 0 bridgehead atoms. The number of fused-ring (bicyclic) bond motifs is 1. The number of hydrogen-bond donors (Lipinski definition) is 1. The highest BCUT2D eigenvalue weighted by Crippen LogP contribution is 2.30. The maximum Gasteiger partial charge on any atom is 0.252 e. The van der Waals surface area contributed by atoms with Gasteiger partial charge >= 0.3 is 0 Å². The molecule has 1 aromatic rings. The molecule has 2 atom stereocenters. The average Bonchev–Trinajstić information content (AvgIpc) is 2.52. The van der Waals surface area contributed by atoms with Crippen LogP contribution in [0.25, 0.3) is 0 Å². The third kappa shape index (κ3) is 3.58. The van der Waals surface area contributed by atoms with Crippen LogP contribution < -0.4 is 5.32 Å². The van der Waals surface area contributed by atoms with Gasteiger partial charge in [0.1, 0.15) is 0 Å². The Balaban J connectivity index is 1.60. The largest absolute Gasteiger partial charge is 0.352 e. The van der Waals surface area contributed by atoms with Crippen molar-refractivity contribution in [2.75, 3.05) is 19.6 Å². The number of nitrogens with one attached hydrogen (secondary N) is 1. The second-order valence-corrected chi connectivity index (χ2v) is 7.18. The van der Waals surface area contributed by atoms with E-state index in [1.807, 2.05) is 0 Å². The Bertz CT molecular complexity index is 547. The molecule has 0 spiro atoms. The third-order valence-electron chi connectivity index (χ3n) is 4.93. The summed E-state index contributed by atoms with van der Waals surface area (Å²) >= 11 is 12.0. The van der Waals surface area contributed by atoms with Gasteiger partial charge in [0.05, 0.1) is 10.6 Å². The molecule has 2 saturated heterocycles. The molecule has 2 fully saturated rings. The second kappa shape index (κ2) is 7.20. The zero-order valence-corrected chi connectivity index (χ0v) is 14.2. The lowest BCUT2D eigenvalue weighted by Gasteiger charge is -2.44. The molecule has 120 valence electrons. The first-order chi connectivity index (χ1) is 10.6. The third-order valence-corrected chi connectivity index (χ3v) is 5.48. The van der Waals surface area contributed by atoms with Crippen molar-refractivity contribution in [1.82, 2.24) is 10.2 Å². The standard InChI is InChI=1S/C17H22Cl2N2O/c18-13-6-7-14(15(19)10-13)17(22)20-11-12-4-3-9-21-8-2-1-5-16(12)21/h6-7,10,12,16H,1-5,8-9,11H2,(H,20,22)/t12-,16-/m0/s1. The molecule has 1 amide bonds. The first-order valence-corrected chi connectivity index (χ1v) is 8.88. The minimum Gasteiger partial charge on any atom is -0.352 e. The number of amides is 1. The van der Waals surface area contributed by atoms with E-state index in [1.165, 1.54) is 45.2 Å². The van der Waals surface area contributed by atoms with E-state index in [2.05, 4.69) is 10.2 Å². The normalized spacial score (nSPS) is 25.5. The molecule has 0 aromatic heterocycles. The lowest BCUT2D eigenvalue weighted by molar-refractivity contribution is 0.0575. The van der Waals surface area contributed by atoms with Crippen LogP contribution in [0.3, 0.4) is 0 Å². The van der Waals surface area contributed by atoms with Crippen molar-refractivity contribution in [2.24, 2.45) is 5.92 Å². The van der Waals surface area contributed by atoms with Crippen LogP contribution in [-0.2, 0) is 0 Å². The van der Waals surface area contributed by atoms with Gasteiger partial charge in [-0.05, 0) is 62.9 Å². The van der Waals surface area contributed by atoms with E-state index in [9.17, 15) is 4.79 Å². The van der Waals surface area contributed by atoms with Crippen molar-refractivity contribution in [3.05, 3.63) is 33.8 Å². The topological polar surface area (TPSA) is 32.3 Å². The fourth-order valence-electron chi connectivity index (χ4n) is 3.81. The Morgan fingerprint density at radius 3 is 2.82 bits per heavy atom. The highest BCUT2D eigenvalue weighted by molar-refractivity contribution is 6.36. The zero-order valence-electron chi connectivity index (χ0n) is 12.7. The van der Waals surface area contributed by atoms with Crippen LogP contribution in [0.15, 0.2) is 18.2 Å². The number of piperidine rings is 2. The van der Waals surface area contributed by atoms with Crippen molar-refractivity contribution >= 4 is 29.1 Å². The molecule has 1 N–H and O–H groups in total. The summed E-state index contributed by atoms with van der Waals surface area (Å²) in [6, 6.07) is 5.64. The van der Waals surface area contributed by atoms with Gasteiger partial charge in [0.25, 0.3) is 5.91 Å². The van der Waals surface area contributed by atoms with Crippen molar-refractivity contribution in [3.8, 4) is 0 Å². The SMILES string of the molecule is O=C(NC[C@@H]1CCCN2CCCC[C@@H]12)c1ccc(Cl)cc1Cl. The van der Waals surface area contributed by atoms with E-state index in [4.69, 9.17) is 23.2 Å². The number of benzene rings is 1. The van der Waals surface area contributed by atoms with Crippen LogP contribution in [0, 0.1) is 5.92 Å². The molecule has 2 aliphatic heterocycles. The van der Waals surface area contributed by atoms with E-state index in [0.717, 1.165) is 6.54 Å². The molecule has 3 rings (SSSR count). The molecular weight excluding hydrogens is 319 g/mol. The molecule has 0 unspecified atom stereocenters. The van der Waals surface area contributed by atoms with E-state index in [-0.39, 0.29) is 5.91 Å². The molecule has 22 heavy (non-hydrogen) atoms. The fraction of sp³-hybridized carbons (Fsp3) is 0.588. The Kier molecular flexibility index (Phi) is 5.27. The number of nitrogens with zero attached hydrogens (tertiary/aromatic N) is 1. The minimum atomic E-state index is -0.102. The zero-order chi connectivity index (χ0) is 15.5. The van der Waals surface area contributed by atoms with Gasteiger partial charge in [-0.25, -0.2) is 0 Å². The summed E-state index contributed by atoms with van der Waals surface area (Å²) in [7, 11) is 0. The van der Waals surface area contributed by atoms with E-state index < -0.39 is 0 Å². The van der Waals surface area contributed by atoms with Gasteiger partial charge in [0.15, 0.2) is 0 Å². The lowest BCUT2D eigenvalue weighted by Crippen LogP contribution is -2.51. The number of halogens is 2. The first kappa shape index (κ1) is 16.1. The molecule has 2 heterocycles. The molecule has 3 nitrogen and oxygen atoms in total. The van der Waals surface area contributed by atoms with Gasteiger partial charge in [-0.2, -0.15) is 0 Å². The summed E-state index contributed by atoms with van der Waals surface area (Å²) in [4.78, 5) is 14.9. The molecular formula is C17H22Cl2N2O. The van der Waals surface area contributed by atoms with Crippen LogP contribution in [0.2, 0.25) is 10.0 Å². The molecule has 0 radical (unpaired) electrons. The Labute approximate surface area is 142 Å². The molecule has 0 saturated carbocycles. The average molecular weight is 341 g/mol. The summed E-state index contributed by atoms with van der Waals surface area (Å²) in [6.07, 6.45) is 6.33. The Morgan fingerprint density at radius 2 is 2.00 bits per heavy atom. The monoisotopic (exact) mass is 340 g/mol. The summed E-state index contributed by atoms with van der Waals surface area (Å²) in [5.41, 5.74) is 0.502. The van der Waals surface area contributed by atoms with Crippen molar-refractivity contribution in [2.45, 2.75) is 38.1 Å². The molecule has 1 aromatic carbocycles. The second-order valence-electron chi connectivity index (χ2n) is 6.34. The number of carbonyl (C=O) groups excluding carboxylic acids is 1. The summed E-state index contributed by atoms with van der Waals surface area (Å²) < 4.78 is 0. The van der Waals surface area contributed by atoms with Crippen LogP contribution in [0.4, 0.5) is 0 Å². The van der Waals surface area contributed by atoms with Crippen LogP contribution in [-0.4, -0.2) is 36.5 Å². The van der Waals surface area contributed by atoms with Gasteiger partial charge in [0, 0.05) is 17.6 Å². The molecule has 5 heteroatoms. The maximum absolute atomic E-state index is 12.3. The van der Waals surface area contributed by atoms with Gasteiger partial charge in [-0.1, -0.05) is 29.6 Å². The van der Waals surface area contributed by atoms with Gasteiger partial charge in [-0.15, -0.1) is 0 Å². The number of hydrogen-bond acceptors (Lipinski definition) is 2. The predicted molar refractivity (Wildman–Crippen MR) is 90.7 cm³/mol. The van der Waals surface area contributed by atoms with Crippen molar-refractivity contribution in [1.29, 1.82) is 0 Å². The Hall–Kier alpha value is -0.770. The quantitative estimate of drug-likeness (QED) is 0.902. The van der Waals surface area contributed by atoms with Crippen LogP contribution >= 0.6 is 23.2 Å². The predicted octanol–water partition coefficient (Wildman–Crippen LogP) is 3.99. The van der Waals surface area contributed by atoms with Gasteiger partial charge in [-0.3, -0.25) is 4.79 Å². The molecule has 2 aliphatic rings. The first-order valence-electron chi connectivity index (χ1n) is 8.12. The van der Waals surface area contributed by atoms with Crippen LogP contribution in [0.1, 0.15) is 42.5 Å². The van der Waals surface area contributed by atoms with Crippen molar-refractivity contribution in [3.63, 3.8) is 0 Å². The van der Waals surface area contributed by atoms with Gasteiger partial charge in [0.2, 0.25) is 0 Å². The van der Waals surface area contributed by atoms with E-state index in [0.29, 0.717) is 27.6 Å². The smallest absolute Gasteiger partial charge is 0.252 e. The highest BCUT2D eigenvalue weighted by Gasteiger charge is 2.33. The lowest BCUT2D eigenvalue weighted by atomic mass is 9.83. The van der Waals surface area contributed by atoms with Gasteiger partial charge < -0.3 is 10.2 Å². The minimum absolute atomic E-state index is 0.102. The molecule has 0 aliphatic carbocycles. The highest BCUT2D eigenvalue weighted by atomic mass is 35.5. The maximum atomic E-state index is 12.3. The van der Waals surface area contributed by atoms with E-state index >= 15 is 0 Å². The fourth-order valence-corrected chi connectivity index (χ4v) is 4.30. The van der Waals surface area contributed by atoms with Crippen LogP contribution in [0.5, 0.6) is 0 Å².